The first-order valence-electron chi connectivity index (χ1n) is 21.1. The van der Waals surface area contributed by atoms with Gasteiger partial charge in [0, 0.05) is 27.0 Å². The number of ether oxygens (including phenoxy) is 10. The lowest BCUT2D eigenvalue weighted by molar-refractivity contribution is -0.321. The lowest BCUT2D eigenvalue weighted by atomic mass is 9.83. The molecule has 3 aliphatic rings. The van der Waals surface area contributed by atoms with Crippen LogP contribution >= 0.6 is 0 Å². The number of benzene rings is 4. The van der Waals surface area contributed by atoms with E-state index in [1.165, 1.54) is 20.8 Å². The van der Waals surface area contributed by atoms with Gasteiger partial charge in [0.15, 0.2) is 24.3 Å². The number of rotatable bonds is 17. The molecule has 0 N–H and O–H groups in total. The van der Waals surface area contributed by atoms with Crippen molar-refractivity contribution in [1.82, 2.24) is 0 Å². The maximum Gasteiger partial charge on any atom is 0.303 e. The molecular weight excluding hydrogens is 811 g/mol. The average molecular weight is 866 g/mol. The molecule has 0 aromatic heterocycles. The van der Waals surface area contributed by atoms with Gasteiger partial charge in [-0.25, -0.2) is 0 Å². The van der Waals surface area contributed by atoms with E-state index >= 15 is 0 Å². The van der Waals surface area contributed by atoms with Gasteiger partial charge in [-0.3, -0.25) is 19.4 Å². The highest BCUT2D eigenvalue weighted by atomic mass is 16.8. The summed E-state index contributed by atoms with van der Waals surface area (Å²) in [6.07, 6.45) is -8.53. The predicted octanol–water partition coefficient (Wildman–Crippen LogP) is 6.30. The van der Waals surface area contributed by atoms with E-state index in [-0.39, 0.29) is 26.4 Å². The van der Waals surface area contributed by atoms with Crippen molar-refractivity contribution >= 4 is 24.1 Å². The van der Waals surface area contributed by atoms with Crippen molar-refractivity contribution in [2.24, 2.45) is 4.99 Å². The first-order valence-corrected chi connectivity index (χ1v) is 21.1. The van der Waals surface area contributed by atoms with E-state index in [4.69, 9.17) is 52.4 Å². The van der Waals surface area contributed by atoms with Gasteiger partial charge < -0.3 is 47.4 Å². The molecular formula is C49H55NO13. The van der Waals surface area contributed by atoms with Crippen LogP contribution in [0.15, 0.2) is 126 Å². The van der Waals surface area contributed by atoms with Gasteiger partial charge in [-0.15, -0.1) is 0 Å². The summed E-state index contributed by atoms with van der Waals surface area (Å²) in [6, 6.07) is 37.4. The zero-order valence-corrected chi connectivity index (χ0v) is 36.1. The summed E-state index contributed by atoms with van der Waals surface area (Å²) in [5, 5.41) is 0. The van der Waals surface area contributed by atoms with Crippen molar-refractivity contribution in [3.05, 3.63) is 144 Å². The molecule has 0 spiro atoms. The second-order valence-electron chi connectivity index (χ2n) is 16.1. The van der Waals surface area contributed by atoms with Gasteiger partial charge >= 0.3 is 17.9 Å². The maximum absolute atomic E-state index is 12.9. The number of esters is 3. The monoisotopic (exact) mass is 865 g/mol. The quantitative estimate of drug-likeness (QED) is 0.0663. The van der Waals surface area contributed by atoms with Gasteiger partial charge in [0.2, 0.25) is 0 Å². The van der Waals surface area contributed by atoms with Gasteiger partial charge in [-0.1, -0.05) is 121 Å². The Kier molecular flexibility index (Phi) is 15.5. The maximum atomic E-state index is 12.9. The van der Waals surface area contributed by atoms with Crippen molar-refractivity contribution in [3.63, 3.8) is 0 Å². The molecule has 0 radical (unpaired) electrons. The van der Waals surface area contributed by atoms with E-state index < -0.39 is 91.0 Å². The van der Waals surface area contributed by atoms with E-state index in [0.717, 1.165) is 22.3 Å². The number of fused-ring (bicyclic) bond motifs is 1. The molecule has 11 atom stereocenters. The van der Waals surface area contributed by atoms with E-state index in [0.29, 0.717) is 0 Å². The van der Waals surface area contributed by atoms with Gasteiger partial charge in [0.25, 0.3) is 0 Å². The van der Waals surface area contributed by atoms with Crippen LogP contribution in [0.2, 0.25) is 0 Å². The third-order valence-corrected chi connectivity index (χ3v) is 10.8. The van der Waals surface area contributed by atoms with Crippen LogP contribution in [0, 0.1) is 0 Å². The van der Waals surface area contributed by atoms with Crippen LogP contribution in [0.3, 0.4) is 0 Å². The summed E-state index contributed by atoms with van der Waals surface area (Å²) in [4.78, 5) is 42.6. The van der Waals surface area contributed by atoms with Crippen molar-refractivity contribution in [2.75, 3.05) is 6.61 Å². The summed E-state index contributed by atoms with van der Waals surface area (Å²) < 4.78 is 65.1. The van der Waals surface area contributed by atoms with E-state index in [2.05, 4.69) is 0 Å². The fourth-order valence-corrected chi connectivity index (χ4v) is 8.12. The van der Waals surface area contributed by atoms with E-state index in [1.54, 1.807) is 6.21 Å². The first kappa shape index (κ1) is 45.7. The molecule has 0 amide bonds. The van der Waals surface area contributed by atoms with Gasteiger partial charge in [0.1, 0.15) is 55.4 Å². The number of carbonyl (C=O) groups is 3. The van der Waals surface area contributed by atoms with Crippen LogP contribution in [0.4, 0.5) is 0 Å². The minimum atomic E-state index is -1.35. The second-order valence-corrected chi connectivity index (χ2v) is 16.1. The first-order chi connectivity index (χ1) is 30.4. The number of hydrogen-bond donors (Lipinski definition) is 0. The average Bonchev–Trinajstić information content (AvgIpc) is 3.60. The second kappa shape index (κ2) is 21.4. The Balaban J connectivity index is 1.33. The molecule has 2 aliphatic heterocycles. The molecule has 0 unspecified atom stereocenters. The molecule has 1 saturated carbocycles. The Morgan fingerprint density at radius 2 is 1.02 bits per heavy atom. The zero-order chi connectivity index (χ0) is 44.3. The molecule has 2 saturated heterocycles. The minimum Gasteiger partial charge on any atom is -0.463 e. The minimum absolute atomic E-state index is 0.157. The molecule has 63 heavy (non-hydrogen) atoms. The highest BCUT2D eigenvalue weighted by Crippen LogP contribution is 2.44. The molecule has 4 aromatic rings. The molecule has 7 rings (SSSR count). The normalized spacial score (nSPS) is 28.8. The highest BCUT2D eigenvalue weighted by Gasteiger charge is 2.62. The van der Waals surface area contributed by atoms with Crippen LogP contribution in [-0.4, -0.2) is 104 Å². The summed E-state index contributed by atoms with van der Waals surface area (Å²) in [6.45, 7) is 7.57. The Bertz CT molecular complexity index is 2100. The molecule has 14 heteroatoms. The van der Waals surface area contributed by atoms with Gasteiger partial charge in [-0.05, 0) is 36.1 Å². The summed E-state index contributed by atoms with van der Waals surface area (Å²) in [5.41, 5.74) is 3.49. The number of aliphatic imine (C=N–C) groups is 1. The third-order valence-electron chi connectivity index (χ3n) is 10.8. The van der Waals surface area contributed by atoms with Gasteiger partial charge in [0.05, 0.1) is 19.8 Å². The number of hydrogen-bond acceptors (Lipinski definition) is 14. The summed E-state index contributed by atoms with van der Waals surface area (Å²) in [7, 11) is 0. The number of carbonyl (C=O) groups excluding carboxylic acids is 3. The lowest BCUT2D eigenvalue weighted by Crippen LogP contribution is -2.68. The third kappa shape index (κ3) is 12.2. The van der Waals surface area contributed by atoms with E-state index in [1.807, 2.05) is 135 Å². The fraction of sp³-hybridized carbons (Fsp3) is 0.429. The summed E-state index contributed by atoms with van der Waals surface area (Å²) in [5.74, 6) is -3.07. The Labute approximate surface area is 367 Å². The lowest BCUT2D eigenvalue weighted by Gasteiger charge is -2.49. The SMILES string of the molecule is CC(=O)OC[C@H]1O[C@H](O[C@H]2[C@H](OCc3ccccc3)[C@H](OCc3ccccc3)[C@H](OCc3ccccc3)[C@H]3OC(C)(C)O[C@H]23)[C@H](N=Cc2ccccc2)[C@@H](OC(C)=O)[C@@H]1OC(C)=O. The molecule has 14 nitrogen and oxygen atoms in total. The number of nitrogens with zero attached hydrogens (tertiary/aromatic N) is 1. The van der Waals surface area contributed by atoms with Crippen molar-refractivity contribution in [3.8, 4) is 0 Å². The Hall–Kier alpha value is -5.32. The smallest absolute Gasteiger partial charge is 0.303 e. The van der Waals surface area contributed by atoms with Crippen LogP contribution in [0.5, 0.6) is 0 Å². The molecule has 0 bridgehead atoms. The van der Waals surface area contributed by atoms with Crippen LogP contribution in [0.1, 0.15) is 56.9 Å². The topological polar surface area (TPSA) is 156 Å². The zero-order valence-electron chi connectivity index (χ0n) is 36.1. The van der Waals surface area contributed by atoms with Crippen LogP contribution in [0.25, 0.3) is 0 Å². The van der Waals surface area contributed by atoms with Crippen LogP contribution < -0.4 is 0 Å². The largest absolute Gasteiger partial charge is 0.463 e. The fourth-order valence-electron chi connectivity index (χ4n) is 8.12. The standard InChI is InChI=1S/C49H55NO13/c1-31(51)54-30-38-40(58-32(2)52)41(59-33(3)53)39(50-26-34-18-10-6-11-19-34)48(60-38)61-45-43(56-28-36-22-14-8-15-23-36)42(55-27-35-20-12-7-13-21-35)44(46-47(45)63-49(4,5)62-46)57-29-37-24-16-9-17-25-37/h6-26,38-48H,27-30H2,1-5H3/t38-,39-,40-,41-,42+,43-,44+,45+,46-,47-,48-/m1/s1. The van der Waals surface area contributed by atoms with Crippen molar-refractivity contribution < 1.29 is 61.8 Å². The van der Waals surface area contributed by atoms with Crippen LogP contribution in [-0.2, 0) is 81.6 Å². The van der Waals surface area contributed by atoms with Crippen molar-refractivity contribution in [2.45, 2.75) is 127 Å². The molecule has 1 aliphatic carbocycles. The molecule has 334 valence electrons. The predicted molar refractivity (Wildman–Crippen MR) is 228 cm³/mol. The van der Waals surface area contributed by atoms with Crippen molar-refractivity contribution in [1.29, 1.82) is 0 Å². The molecule has 4 aromatic carbocycles. The highest BCUT2D eigenvalue weighted by molar-refractivity contribution is 5.79. The van der Waals surface area contributed by atoms with E-state index in [9.17, 15) is 14.4 Å². The Morgan fingerprint density at radius 3 is 1.51 bits per heavy atom. The molecule has 2 heterocycles. The molecule has 3 fully saturated rings. The van der Waals surface area contributed by atoms with Gasteiger partial charge in [-0.2, -0.15) is 0 Å². The Morgan fingerprint density at radius 1 is 0.571 bits per heavy atom. The summed E-state index contributed by atoms with van der Waals surface area (Å²) >= 11 is 0.